The van der Waals surface area contributed by atoms with E-state index in [1.54, 1.807) is 0 Å². The SMILES string of the molecule is CCC1(CC)CCC2CCC(C)(C)C(O)=C2C1=O.Cc1ccc2cc(-c3[c-]cccc3)ncc2c1.[Ir]. The summed E-state index contributed by atoms with van der Waals surface area (Å²) in [5.74, 6) is 0.945. The Morgan fingerprint density at radius 3 is 2.42 bits per heavy atom. The second-order valence-electron chi connectivity index (χ2n) is 10.9. The van der Waals surface area contributed by atoms with E-state index in [9.17, 15) is 9.90 Å². The third kappa shape index (κ3) is 5.50. The van der Waals surface area contributed by atoms with E-state index in [0.717, 1.165) is 55.4 Å². The van der Waals surface area contributed by atoms with Crippen molar-refractivity contribution in [2.75, 3.05) is 0 Å². The van der Waals surface area contributed by atoms with Crippen molar-refractivity contribution in [3.05, 3.63) is 77.7 Å². The molecule has 1 fully saturated rings. The molecule has 5 rings (SSSR count). The van der Waals surface area contributed by atoms with E-state index in [1.807, 2.05) is 44.3 Å². The number of aromatic nitrogens is 1. The van der Waals surface area contributed by atoms with E-state index >= 15 is 0 Å². The maximum absolute atomic E-state index is 12.8. The predicted octanol–water partition coefficient (Wildman–Crippen LogP) is 8.41. The zero-order valence-electron chi connectivity index (χ0n) is 22.2. The van der Waals surface area contributed by atoms with Gasteiger partial charge in [-0.1, -0.05) is 51.5 Å². The first-order chi connectivity index (χ1) is 16.7. The fraction of sp³-hybridized carbons (Fsp3) is 0.438. The standard InChI is InChI=1S/C16H12N.C16H26O2.Ir/c1-12-7-8-14-10-16(17-11-15(14)9-12)13-5-3-2-4-6-13;1-5-16(6-2)10-8-11-7-9-15(3,4)13(17)12(11)14(16)18;/h2-5,7-11H,1H3;11,17H,5-10H2,1-4H3;/q-1;;. The van der Waals surface area contributed by atoms with Crippen LogP contribution in [0.3, 0.4) is 0 Å². The van der Waals surface area contributed by atoms with Gasteiger partial charge in [0.05, 0.1) is 0 Å². The average Bonchev–Trinajstić information content (AvgIpc) is 2.87. The van der Waals surface area contributed by atoms with Crippen LogP contribution in [0.4, 0.5) is 0 Å². The molecule has 36 heavy (non-hydrogen) atoms. The molecule has 0 saturated heterocycles. The van der Waals surface area contributed by atoms with E-state index in [1.165, 1.54) is 16.3 Å². The average molecular weight is 661 g/mol. The monoisotopic (exact) mass is 661 g/mol. The Labute approximate surface area is 229 Å². The number of aryl methyl sites for hydroxylation is 1. The van der Waals surface area contributed by atoms with Crippen molar-refractivity contribution >= 4 is 16.6 Å². The third-order valence-electron chi connectivity index (χ3n) is 8.34. The van der Waals surface area contributed by atoms with Crippen LogP contribution in [0.5, 0.6) is 0 Å². The Kier molecular flexibility index (Phi) is 8.96. The molecule has 0 bridgehead atoms. The number of pyridine rings is 1. The minimum Gasteiger partial charge on any atom is -0.511 e. The largest absolute Gasteiger partial charge is 0.511 e. The zero-order valence-corrected chi connectivity index (χ0v) is 24.5. The summed E-state index contributed by atoms with van der Waals surface area (Å²) in [4.78, 5) is 17.3. The molecule has 1 atom stereocenters. The van der Waals surface area contributed by atoms with Crippen LogP contribution in [0.25, 0.3) is 22.0 Å². The molecule has 3 nitrogen and oxygen atoms in total. The second kappa shape index (κ2) is 11.4. The summed E-state index contributed by atoms with van der Waals surface area (Å²) >= 11 is 0. The molecule has 1 heterocycles. The molecular weight excluding hydrogens is 623 g/mol. The van der Waals surface area contributed by atoms with Crippen molar-refractivity contribution in [1.29, 1.82) is 0 Å². The minimum atomic E-state index is -0.216. The van der Waals surface area contributed by atoms with Crippen molar-refractivity contribution in [3.63, 3.8) is 0 Å². The van der Waals surface area contributed by atoms with E-state index in [0.29, 0.717) is 11.7 Å². The number of hydrogen-bond acceptors (Lipinski definition) is 3. The summed E-state index contributed by atoms with van der Waals surface area (Å²) in [5, 5.41) is 12.9. The number of aliphatic hydroxyl groups excluding tert-OH is 1. The van der Waals surface area contributed by atoms with Crippen LogP contribution in [0.2, 0.25) is 0 Å². The van der Waals surface area contributed by atoms with Crippen LogP contribution >= 0.6 is 0 Å². The molecule has 3 aromatic rings. The Morgan fingerprint density at radius 1 is 1.03 bits per heavy atom. The zero-order chi connectivity index (χ0) is 25.2. The smallest absolute Gasteiger partial charge is 0.168 e. The van der Waals surface area contributed by atoms with Gasteiger partial charge in [0.15, 0.2) is 5.78 Å². The van der Waals surface area contributed by atoms with Crippen molar-refractivity contribution < 1.29 is 30.0 Å². The first-order valence-corrected chi connectivity index (χ1v) is 13.0. The molecule has 1 radical (unpaired) electrons. The fourth-order valence-corrected chi connectivity index (χ4v) is 5.67. The maximum Gasteiger partial charge on any atom is 0.168 e. The maximum atomic E-state index is 12.8. The summed E-state index contributed by atoms with van der Waals surface area (Å²) in [7, 11) is 0. The van der Waals surface area contributed by atoms with Crippen molar-refractivity contribution in [3.8, 4) is 11.3 Å². The Hall–Kier alpha value is -2.29. The van der Waals surface area contributed by atoms with Crippen LogP contribution < -0.4 is 0 Å². The van der Waals surface area contributed by atoms with E-state index in [-0.39, 0.29) is 36.7 Å². The van der Waals surface area contributed by atoms with Gasteiger partial charge in [-0.25, -0.2) is 0 Å². The molecule has 193 valence electrons. The number of nitrogens with zero attached hydrogens (tertiary/aromatic N) is 1. The quantitative estimate of drug-likeness (QED) is 0.287. The van der Waals surface area contributed by atoms with E-state index in [4.69, 9.17) is 0 Å². The van der Waals surface area contributed by atoms with Gasteiger partial charge in [-0.15, -0.1) is 35.9 Å². The topological polar surface area (TPSA) is 50.2 Å². The van der Waals surface area contributed by atoms with Crippen LogP contribution in [0.1, 0.15) is 71.8 Å². The Bertz CT molecular complexity index is 1240. The molecule has 1 unspecified atom stereocenters. The van der Waals surface area contributed by atoms with Gasteiger partial charge in [0.25, 0.3) is 0 Å². The number of Topliss-reactive ketones (excluding diaryl/α,β-unsaturated/α-hetero) is 1. The molecular formula is C32H38IrNO2-. The predicted molar refractivity (Wildman–Crippen MR) is 144 cm³/mol. The van der Waals surface area contributed by atoms with E-state index in [2.05, 4.69) is 56.1 Å². The normalized spacial score (nSPS) is 20.1. The number of benzene rings is 2. The molecule has 4 heteroatoms. The summed E-state index contributed by atoms with van der Waals surface area (Å²) < 4.78 is 0. The molecule has 0 spiro atoms. The van der Waals surface area contributed by atoms with Gasteiger partial charge in [0.1, 0.15) is 5.76 Å². The molecule has 2 aromatic carbocycles. The Morgan fingerprint density at radius 2 is 1.75 bits per heavy atom. The number of fused-ring (bicyclic) bond motifs is 2. The molecule has 2 aliphatic carbocycles. The molecule has 2 aliphatic rings. The van der Waals surface area contributed by atoms with Gasteiger partial charge in [-0.3, -0.25) is 4.79 Å². The number of allylic oxidation sites excluding steroid dienone is 2. The summed E-state index contributed by atoms with van der Waals surface area (Å²) in [6.45, 7) is 10.4. The Balaban J connectivity index is 0.000000195. The summed E-state index contributed by atoms with van der Waals surface area (Å²) in [6.07, 6.45) is 7.84. The number of ketones is 1. The van der Waals surface area contributed by atoms with Crippen LogP contribution in [0.15, 0.2) is 66.1 Å². The van der Waals surface area contributed by atoms with Gasteiger partial charge in [-0.05, 0) is 73.9 Å². The first-order valence-electron chi connectivity index (χ1n) is 13.0. The van der Waals surface area contributed by atoms with Gasteiger partial charge >= 0.3 is 0 Å². The van der Waals surface area contributed by atoms with Crippen molar-refractivity contribution in [2.45, 2.75) is 73.1 Å². The molecule has 1 aromatic heterocycles. The molecule has 0 aliphatic heterocycles. The van der Waals surface area contributed by atoms with Crippen molar-refractivity contribution in [2.24, 2.45) is 16.7 Å². The third-order valence-corrected chi connectivity index (χ3v) is 8.34. The molecule has 1 N–H and O–H groups in total. The number of rotatable bonds is 3. The van der Waals surface area contributed by atoms with Crippen LogP contribution in [-0.2, 0) is 24.9 Å². The summed E-state index contributed by atoms with van der Waals surface area (Å²) in [6, 6.07) is 19.6. The minimum absolute atomic E-state index is 0. The first kappa shape index (κ1) is 28.3. The number of hydrogen-bond donors (Lipinski definition) is 1. The molecule has 0 amide bonds. The molecule has 1 saturated carbocycles. The van der Waals surface area contributed by atoms with Gasteiger partial charge in [0, 0.05) is 42.7 Å². The second-order valence-corrected chi connectivity index (χ2v) is 10.9. The number of aliphatic hydroxyl groups is 1. The van der Waals surface area contributed by atoms with Gasteiger partial charge in [0.2, 0.25) is 0 Å². The van der Waals surface area contributed by atoms with Crippen LogP contribution in [0, 0.1) is 29.7 Å². The van der Waals surface area contributed by atoms with Gasteiger partial charge < -0.3 is 10.1 Å². The van der Waals surface area contributed by atoms with Crippen LogP contribution in [-0.4, -0.2) is 15.9 Å². The summed E-state index contributed by atoms with van der Waals surface area (Å²) in [5.41, 5.74) is 3.63. The van der Waals surface area contributed by atoms with E-state index < -0.39 is 0 Å². The number of carbonyl (C=O) groups excluding carboxylic acids is 1. The number of carbonyl (C=O) groups is 1. The van der Waals surface area contributed by atoms with Crippen molar-refractivity contribution in [1.82, 2.24) is 4.98 Å². The fourth-order valence-electron chi connectivity index (χ4n) is 5.67. The van der Waals surface area contributed by atoms with Gasteiger partial charge in [-0.2, -0.15) is 0 Å².